The van der Waals surface area contributed by atoms with E-state index in [0.717, 1.165) is 12.0 Å². The van der Waals surface area contributed by atoms with Crippen molar-refractivity contribution in [1.29, 1.82) is 0 Å². The van der Waals surface area contributed by atoms with Gasteiger partial charge in [0, 0.05) is 17.5 Å². The molecule has 96 valence electrons. The topological polar surface area (TPSA) is 12.0 Å². The fourth-order valence-corrected chi connectivity index (χ4v) is 2.68. The first-order valence-electron chi connectivity index (χ1n) is 6.16. The van der Waals surface area contributed by atoms with E-state index in [4.69, 9.17) is 0 Å². The Hall–Kier alpha value is -1.19. The summed E-state index contributed by atoms with van der Waals surface area (Å²) >= 11 is 1.78. The second kappa shape index (κ2) is 6.12. The molecule has 1 unspecified atom stereocenters. The maximum atomic E-state index is 13.4. The Morgan fingerprint density at radius 1 is 1.33 bits per heavy atom. The molecule has 1 N–H and O–H groups in total. The fraction of sp³-hybridized carbons (Fsp3) is 0.333. The van der Waals surface area contributed by atoms with Crippen LogP contribution in [0.3, 0.4) is 0 Å². The first-order chi connectivity index (χ1) is 8.65. The quantitative estimate of drug-likeness (QED) is 0.862. The standard InChI is InChI=1S/C15H18FNS/c1-11-5-6-13(9-15(11)16)10-17-12(2)8-14-4-3-7-18-14/h3-7,9,12,17H,8,10H2,1-2H3. The van der Waals surface area contributed by atoms with Gasteiger partial charge in [-0.1, -0.05) is 18.2 Å². The summed E-state index contributed by atoms with van der Waals surface area (Å²) in [6.45, 7) is 4.65. The molecule has 0 spiro atoms. The molecule has 2 aromatic rings. The van der Waals surface area contributed by atoms with Crippen molar-refractivity contribution in [2.24, 2.45) is 0 Å². The molecule has 1 heterocycles. The molecule has 0 amide bonds. The minimum atomic E-state index is -0.125. The summed E-state index contributed by atoms with van der Waals surface area (Å²) in [6.07, 6.45) is 1.02. The van der Waals surface area contributed by atoms with E-state index in [0.29, 0.717) is 18.2 Å². The monoisotopic (exact) mass is 263 g/mol. The number of aryl methyl sites for hydroxylation is 1. The minimum Gasteiger partial charge on any atom is -0.310 e. The highest BCUT2D eigenvalue weighted by Gasteiger charge is 2.05. The second-order valence-corrected chi connectivity index (χ2v) is 5.68. The third kappa shape index (κ3) is 3.65. The van der Waals surface area contributed by atoms with E-state index >= 15 is 0 Å². The summed E-state index contributed by atoms with van der Waals surface area (Å²) in [5.74, 6) is -0.125. The van der Waals surface area contributed by atoms with Crippen LogP contribution in [0.25, 0.3) is 0 Å². The molecular weight excluding hydrogens is 245 g/mol. The Bertz CT molecular complexity index is 493. The summed E-state index contributed by atoms with van der Waals surface area (Å²) in [6, 6.07) is 10.0. The number of hydrogen-bond donors (Lipinski definition) is 1. The van der Waals surface area contributed by atoms with Crippen LogP contribution in [0.15, 0.2) is 35.7 Å². The predicted molar refractivity (Wildman–Crippen MR) is 75.5 cm³/mol. The zero-order valence-electron chi connectivity index (χ0n) is 10.7. The number of halogens is 1. The summed E-state index contributed by atoms with van der Waals surface area (Å²) in [4.78, 5) is 1.38. The van der Waals surface area contributed by atoms with Gasteiger partial charge in [0.25, 0.3) is 0 Å². The van der Waals surface area contributed by atoms with Crippen molar-refractivity contribution in [2.75, 3.05) is 0 Å². The normalized spacial score (nSPS) is 12.6. The van der Waals surface area contributed by atoms with Gasteiger partial charge in [-0.05, 0) is 48.9 Å². The van der Waals surface area contributed by atoms with E-state index in [1.165, 1.54) is 4.88 Å². The van der Waals surface area contributed by atoms with Gasteiger partial charge in [0.05, 0.1) is 0 Å². The zero-order valence-corrected chi connectivity index (χ0v) is 11.6. The van der Waals surface area contributed by atoms with Gasteiger partial charge in [0.15, 0.2) is 0 Å². The van der Waals surface area contributed by atoms with Crippen LogP contribution in [0, 0.1) is 12.7 Å². The first-order valence-corrected chi connectivity index (χ1v) is 7.04. The van der Waals surface area contributed by atoms with Crippen molar-refractivity contribution in [1.82, 2.24) is 5.32 Å². The number of nitrogens with one attached hydrogen (secondary N) is 1. The predicted octanol–water partition coefficient (Wildman–Crippen LogP) is 3.92. The number of hydrogen-bond acceptors (Lipinski definition) is 2. The number of rotatable bonds is 5. The Labute approximate surface area is 112 Å². The van der Waals surface area contributed by atoms with Crippen LogP contribution in [0.4, 0.5) is 4.39 Å². The molecule has 0 aliphatic rings. The van der Waals surface area contributed by atoms with Crippen LogP contribution >= 0.6 is 11.3 Å². The molecule has 2 rings (SSSR count). The van der Waals surface area contributed by atoms with Gasteiger partial charge in [-0.15, -0.1) is 11.3 Å². The summed E-state index contributed by atoms with van der Waals surface area (Å²) < 4.78 is 13.4. The molecule has 0 saturated carbocycles. The molecule has 0 bridgehead atoms. The lowest BCUT2D eigenvalue weighted by atomic mass is 10.1. The maximum absolute atomic E-state index is 13.4. The molecule has 1 aromatic heterocycles. The zero-order chi connectivity index (χ0) is 13.0. The van der Waals surface area contributed by atoms with E-state index in [1.54, 1.807) is 24.3 Å². The molecule has 0 radical (unpaired) electrons. The molecule has 0 aliphatic carbocycles. The van der Waals surface area contributed by atoms with Gasteiger partial charge in [0.2, 0.25) is 0 Å². The van der Waals surface area contributed by atoms with E-state index in [2.05, 4.69) is 29.8 Å². The molecule has 18 heavy (non-hydrogen) atoms. The Morgan fingerprint density at radius 2 is 2.17 bits per heavy atom. The van der Waals surface area contributed by atoms with Gasteiger partial charge in [-0.3, -0.25) is 0 Å². The van der Waals surface area contributed by atoms with E-state index in [9.17, 15) is 4.39 Å². The smallest absolute Gasteiger partial charge is 0.126 e. The number of benzene rings is 1. The first kappa shape index (κ1) is 13.2. The summed E-state index contributed by atoms with van der Waals surface area (Å²) in [5, 5.41) is 5.52. The largest absolute Gasteiger partial charge is 0.310 e. The lowest BCUT2D eigenvalue weighted by molar-refractivity contribution is 0.545. The Balaban J connectivity index is 1.85. The van der Waals surface area contributed by atoms with E-state index in [1.807, 2.05) is 12.1 Å². The van der Waals surface area contributed by atoms with Crippen molar-refractivity contribution < 1.29 is 4.39 Å². The van der Waals surface area contributed by atoms with Crippen LogP contribution in [0.5, 0.6) is 0 Å². The third-order valence-electron chi connectivity index (χ3n) is 2.98. The van der Waals surface area contributed by atoms with Crippen molar-refractivity contribution >= 4 is 11.3 Å². The van der Waals surface area contributed by atoms with Gasteiger partial charge < -0.3 is 5.32 Å². The Morgan fingerprint density at radius 3 is 2.83 bits per heavy atom. The molecule has 1 nitrogen and oxygen atoms in total. The van der Waals surface area contributed by atoms with Crippen molar-refractivity contribution in [3.8, 4) is 0 Å². The van der Waals surface area contributed by atoms with Gasteiger partial charge in [-0.25, -0.2) is 4.39 Å². The molecular formula is C15H18FNS. The SMILES string of the molecule is Cc1ccc(CNC(C)Cc2cccs2)cc1F. The van der Waals surface area contributed by atoms with Crippen LogP contribution < -0.4 is 5.32 Å². The molecule has 0 saturated heterocycles. The van der Waals surface area contributed by atoms with Crippen LogP contribution in [0.2, 0.25) is 0 Å². The van der Waals surface area contributed by atoms with Gasteiger partial charge in [-0.2, -0.15) is 0 Å². The van der Waals surface area contributed by atoms with Crippen LogP contribution in [0.1, 0.15) is 22.9 Å². The molecule has 0 aliphatic heterocycles. The van der Waals surface area contributed by atoms with Crippen molar-refractivity contribution in [3.05, 3.63) is 57.5 Å². The van der Waals surface area contributed by atoms with Gasteiger partial charge >= 0.3 is 0 Å². The van der Waals surface area contributed by atoms with Crippen LogP contribution in [-0.4, -0.2) is 6.04 Å². The summed E-state index contributed by atoms with van der Waals surface area (Å²) in [5.41, 5.74) is 1.70. The second-order valence-electron chi connectivity index (χ2n) is 4.65. The summed E-state index contributed by atoms with van der Waals surface area (Å²) in [7, 11) is 0. The van der Waals surface area contributed by atoms with Gasteiger partial charge in [0.1, 0.15) is 5.82 Å². The van der Waals surface area contributed by atoms with E-state index < -0.39 is 0 Å². The average molecular weight is 263 g/mol. The highest BCUT2D eigenvalue weighted by Crippen LogP contribution is 2.12. The third-order valence-corrected chi connectivity index (χ3v) is 3.88. The number of thiophene rings is 1. The minimum absolute atomic E-state index is 0.125. The molecule has 1 aromatic carbocycles. The van der Waals surface area contributed by atoms with E-state index in [-0.39, 0.29) is 5.82 Å². The highest BCUT2D eigenvalue weighted by molar-refractivity contribution is 7.09. The molecule has 3 heteroatoms. The Kier molecular flexibility index (Phi) is 4.50. The highest BCUT2D eigenvalue weighted by atomic mass is 32.1. The lowest BCUT2D eigenvalue weighted by Gasteiger charge is -2.13. The van der Waals surface area contributed by atoms with Crippen molar-refractivity contribution in [2.45, 2.75) is 32.9 Å². The van der Waals surface area contributed by atoms with Crippen molar-refractivity contribution in [3.63, 3.8) is 0 Å². The lowest BCUT2D eigenvalue weighted by Crippen LogP contribution is -2.27. The molecule has 0 fully saturated rings. The average Bonchev–Trinajstić information content (AvgIpc) is 2.83. The van der Waals surface area contributed by atoms with Crippen LogP contribution in [-0.2, 0) is 13.0 Å². The maximum Gasteiger partial charge on any atom is 0.126 e. The fourth-order valence-electron chi connectivity index (χ4n) is 1.84. The molecule has 1 atom stereocenters.